The van der Waals surface area contributed by atoms with Crippen LogP contribution in [0.2, 0.25) is 0 Å². The zero-order valence-electron chi connectivity index (χ0n) is 17.5. The Morgan fingerprint density at radius 1 is 1.00 bits per heavy atom. The third-order valence-corrected chi connectivity index (χ3v) is 6.19. The van der Waals surface area contributed by atoms with Gasteiger partial charge in [0.25, 0.3) is 5.91 Å². The molecular formula is C24H21N5O2S2. The molecule has 0 fully saturated rings. The van der Waals surface area contributed by atoms with E-state index in [1.54, 1.807) is 35.6 Å². The monoisotopic (exact) mass is 475 g/mol. The number of para-hydroxylation sites is 1. The first-order valence-corrected chi connectivity index (χ1v) is 12.0. The van der Waals surface area contributed by atoms with Gasteiger partial charge in [-0.25, -0.2) is 4.98 Å². The van der Waals surface area contributed by atoms with Crippen molar-refractivity contribution >= 4 is 52.8 Å². The summed E-state index contributed by atoms with van der Waals surface area (Å²) in [7, 11) is 0. The number of rotatable bonds is 9. The van der Waals surface area contributed by atoms with E-state index in [2.05, 4.69) is 25.8 Å². The fraction of sp³-hybridized carbons (Fsp3) is 0.0833. The van der Waals surface area contributed by atoms with E-state index in [4.69, 9.17) is 0 Å². The smallest absolute Gasteiger partial charge is 0.253 e. The number of anilines is 1. The molecule has 166 valence electrons. The van der Waals surface area contributed by atoms with Crippen LogP contribution in [0, 0.1) is 0 Å². The van der Waals surface area contributed by atoms with Gasteiger partial charge in [-0.3, -0.25) is 14.7 Å². The highest BCUT2D eigenvalue weighted by Crippen LogP contribution is 2.18. The van der Waals surface area contributed by atoms with Gasteiger partial charge < -0.3 is 10.6 Å². The van der Waals surface area contributed by atoms with Gasteiger partial charge in [-0.1, -0.05) is 60.3 Å². The summed E-state index contributed by atoms with van der Waals surface area (Å²) in [6.45, 7) is 0.409. The minimum Gasteiger partial charge on any atom is -0.348 e. The summed E-state index contributed by atoms with van der Waals surface area (Å²) in [5.41, 5.74) is 1.87. The molecule has 33 heavy (non-hydrogen) atoms. The third kappa shape index (κ3) is 6.64. The molecule has 0 unspecified atom stereocenters. The third-order valence-electron chi connectivity index (χ3n) is 4.50. The topological polar surface area (TPSA) is 99.8 Å². The molecule has 0 bridgehead atoms. The molecule has 7 nitrogen and oxygen atoms in total. The zero-order valence-corrected chi connectivity index (χ0v) is 19.2. The maximum atomic E-state index is 12.7. The molecule has 0 saturated heterocycles. The van der Waals surface area contributed by atoms with E-state index in [0.29, 0.717) is 28.8 Å². The summed E-state index contributed by atoms with van der Waals surface area (Å²) in [4.78, 5) is 30.6. The highest BCUT2D eigenvalue weighted by atomic mass is 32.2. The number of amides is 2. The van der Waals surface area contributed by atoms with E-state index < -0.39 is 0 Å². The minimum atomic E-state index is -0.251. The summed E-state index contributed by atoms with van der Waals surface area (Å²) in [5.74, 6) is 0.236. The van der Waals surface area contributed by atoms with Crippen LogP contribution in [0.15, 0.2) is 77.3 Å². The number of aromatic amines is 1. The van der Waals surface area contributed by atoms with Gasteiger partial charge in [0.1, 0.15) is 5.82 Å². The zero-order chi connectivity index (χ0) is 22.9. The lowest BCUT2D eigenvalue weighted by molar-refractivity contribution is -0.113. The molecule has 0 spiro atoms. The highest BCUT2D eigenvalue weighted by Gasteiger charge is 2.14. The second-order valence-electron chi connectivity index (χ2n) is 6.90. The Balaban J connectivity index is 1.30. The second kappa shape index (κ2) is 11.3. The number of nitrogens with one attached hydrogen (secondary N) is 3. The number of nitrogens with zero attached hydrogens (tertiary/aromatic N) is 2. The molecule has 0 saturated carbocycles. The van der Waals surface area contributed by atoms with Gasteiger partial charge in [0.2, 0.25) is 11.1 Å². The summed E-state index contributed by atoms with van der Waals surface area (Å²) >= 11 is 2.85. The maximum absolute atomic E-state index is 12.7. The number of hydrogen-bond donors (Lipinski definition) is 3. The Kier molecular flexibility index (Phi) is 7.68. The van der Waals surface area contributed by atoms with Crippen molar-refractivity contribution in [3.05, 3.63) is 93.9 Å². The average Bonchev–Trinajstić information content (AvgIpc) is 3.53. The Labute approximate surface area is 199 Å². The lowest BCUT2D eigenvalue weighted by Crippen LogP contribution is -2.25. The molecule has 4 aromatic rings. The van der Waals surface area contributed by atoms with Gasteiger partial charge in [0.15, 0.2) is 0 Å². The standard InChI is InChI=1S/C24H21N5O2S2/c30-22(16-33-24-27-21(28-29-24)13-12-18-9-6-14-32-18)26-20-11-5-4-10-19(20)23(31)25-15-17-7-2-1-3-8-17/h1-14H,15-16H2,(H,25,31)(H,26,30)(H,27,28,29)/b13-12+. The predicted molar refractivity (Wildman–Crippen MR) is 133 cm³/mol. The summed E-state index contributed by atoms with van der Waals surface area (Å²) < 4.78 is 0. The molecule has 0 aliphatic heterocycles. The van der Waals surface area contributed by atoms with E-state index in [-0.39, 0.29) is 17.6 Å². The van der Waals surface area contributed by atoms with Crippen LogP contribution in [0.1, 0.15) is 26.6 Å². The maximum Gasteiger partial charge on any atom is 0.253 e. The van der Waals surface area contributed by atoms with Gasteiger partial charge in [0.05, 0.1) is 17.0 Å². The molecule has 2 heterocycles. The SMILES string of the molecule is O=C(CSc1n[nH]c(/C=C/c2cccs2)n1)Nc1ccccc1C(=O)NCc1ccccc1. The Morgan fingerprint density at radius 3 is 2.64 bits per heavy atom. The van der Waals surface area contributed by atoms with Crippen molar-refractivity contribution in [2.24, 2.45) is 0 Å². The van der Waals surface area contributed by atoms with Gasteiger partial charge in [-0.2, -0.15) is 0 Å². The molecule has 0 atom stereocenters. The van der Waals surface area contributed by atoms with Crippen LogP contribution in [0.4, 0.5) is 5.69 Å². The largest absolute Gasteiger partial charge is 0.348 e. The van der Waals surface area contributed by atoms with Crippen LogP contribution in [-0.4, -0.2) is 32.7 Å². The van der Waals surface area contributed by atoms with Crippen LogP contribution in [0.3, 0.4) is 0 Å². The van der Waals surface area contributed by atoms with E-state index in [1.807, 2.05) is 60.0 Å². The Bertz CT molecular complexity index is 1240. The second-order valence-corrected chi connectivity index (χ2v) is 8.82. The van der Waals surface area contributed by atoms with Crippen LogP contribution < -0.4 is 10.6 Å². The molecule has 3 N–H and O–H groups in total. The quantitative estimate of drug-likeness (QED) is 0.305. The summed E-state index contributed by atoms with van der Waals surface area (Å²) in [5, 5.41) is 15.2. The number of hydrogen-bond acceptors (Lipinski definition) is 6. The van der Waals surface area contributed by atoms with E-state index >= 15 is 0 Å². The minimum absolute atomic E-state index is 0.117. The molecule has 2 aromatic heterocycles. The van der Waals surface area contributed by atoms with Crippen LogP contribution >= 0.6 is 23.1 Å². The average molecular weight is 476 g/mol. The lowest BCUT2D eigenvalue weighted by Gasteiger charge is -2.11. The van der Waals surface area contributed by atoms with E-state index in [0.717, 1.165) is 10.4 Å². The van der Waals surface area contributed by atoms with Crippen molar-refractivity contribution in [2.45, 2.75) is 11.7 Å². The van der Waals surface area contributed by atoms with Crippen molar-refractivity contribution in [3.63, 3.8) is 0 Å². The molecule has 2 amide bonds. The first-order valence-electron chi connectivity index (χ1n) is 10.2. The number of H-pyrrole nitrogens is 1. The number of benzene rings is 2. The van der Waals surface area contributed by atoms with Crippen molar-refractivity contribution in [1.29, 1.82) is 0 Å². The van der Waals surface area contributed by atoms with E-state index in [1.165, 1.54) is 11.8 Å². The van der Waals surface area contributed by atoms with Crippen molar-refractivity contribution in [2.75, 3.05) is 11.1 Å². The van der Waals surface area contributed by atoms with Crippen molar-refractivity contribution in [3.8, 4) is 0 Å². The molecular weight excluding hydrogens is 454 g/mol. The first-order chi connectivity index (χ1) is 16.2. The highest BCUT2D eigenvalue weighted by molar-refractivity contribution is 7.99. The number of aromatic nitrogens is 3. The van der Waals surface area contributed by atoms with Crippen LogP contribution in [0.5, 0.6) is 0 Å². The molecule has 2 aromatic carbocycles. The normalized spacial score (nSPS) is 10.9. The molecule has 9 heteroatoms. The Hall–Kier alpha value is -3.69. The number of carbonyl (C=O) groups excluding carboxylic acids is 2. The van der Waals surface area contributed by atoms with Crippen molar-refractivity contribution < 1.29 is 9.59 Å². The number of carbonyl (C=O) groups is 2. The van der Waals surface area contributed by atoms with Gasteiger partial charge in [0, 0.05) is 11.4 Å². The summed E-state index contributed by atoms with van der Waals surface area (Å²) in [6.07, 6.45) is 3.79. The lowest BCUT2D eigenvalue weighted by atomic mass is 10.1. The van der Waals surface area contributed by atoms with Gasteiger partial charge >= 0.3 is 0 Å². The van der Waals surface area contributed by atoms with Crippen LogP contribution in [-0.2, 0) is 11.3 Å². The van der Waals surface area contributed by atoms with Gasteiger partial charge in [-0.15, -0.1) is 16.4 Å². The van der Waals surface area contributed by atoms with Gasteiger partial charge in [-0.05, 0) is 41.3 Å². The number of thiophene rings is 1. The molecule has 0 aliphatic carbocycles. The molecule has 0 radical (unpaired) electrons. The fourth-order valence-corrected chi connectivity index (χ4v) is 4.15. The molecule has 0 aliphatic rings. The van der Waals surface area contributed by atoms with Crippen LogP contribution in [0.25, 0.3) is 12.2 Å². The Morgan fingerprint density at radius 2 is 1.82 bits per heavy atom. The van der Waals surface area contributed by atoms with Crippen molar-refractivity contribution in [1.82, 2.24) is 20.5 Å². The molecule has 4 rings (SSSR count). The summed E-state index contributed by atoms with van der Waals surface area (Å²) in [6, 6.07) is 20.6. The number of thioether (sulfide) groups is 1. The first kappa shape index (κ1) is 22.5. The predicted octanol–water partition coefficient (Wildman–Crippen LogP) is 4.70. The van der Waals surface area contributed by atoms with E-state index in [9.17, 15) is 9.59 Å². The fourth-order valence-electron chi connectivity index (χ4n) is 2.92.